The second kappa shape index (κ2) is 6.83. The number of fused-ring (bicyclic) bond motifs is 1. The highest BCUT2D eigenvalue weighted by atomic mass is 16.5. The molecule has 3 atom stereocenters. The molecule has 140 valence electrons. The Kier molecular flexibility index (Phi) is 4.73. The fourth-order valence-corrected chi connectivity index (χ4v) is 3.17. The SMILES string of the molecule is Cc1cccc(OC[C@@H](O)CN2C(N)=N[C@@H]3[C@@H]2C(=O)N(C)C(=O)N3C)c1. The van der Waals surface area contributed by atoms with Gasteiger partial charge >= 0.3 is 6.03 Å². The lowest BCUT2D eigenvalue weighted by atomic mass is 10.1. The number of benzene rings is 1. The minimum Gasteiger partial charge on any atom is -0.491 e. The molecule has 2 aliphatic heterocycles. The predicted octanol–water partition coefficient (Wildman–Crippen LogP) is -0.416. The van der Waals surface area contributed by atoms with Gasteiger partial charge in [-0.05, 0) is 24.6 Å². The molecule has 3 N–H and O–H groups in total. The monoisotopic (exact) mass is 361 g/mol. The lowest BCUT2D eigenvalue weighted by Gasteiger charge is -2.40. The maximum atomic E-state index is 12.5. The number of aliphatic hydroxyl groups is 1. The van der Waals surface area contributed by atoms with Gasteiger partial charge in [0.15, 0.2) is 18.2 Å². The number of ether oxygens (including phenoxy) is 1. The highest BCUT2D eigenvalue weighted by Gasteiger charge is 2.50. The summed E-state index contributed by atoms with van der Waals surface area (Å²) in [6.07, 6.45) is -1.57. The Balaban J connectivity index is 1.66. The van der Waals surface area contributed by atoms with E-state index in [2.05, 4.69) is 4.99 Å². The van der Waals surface area contributed by atoms with Gasteiger partial charge in [0.2, 0.25) is 0 Å². The molecule has 0 spiro atoms. The van der Waals surface area contributed by atoms with Crippen LogP contribution in [-0.2, 0) is 4.79 Å². The first-order valence-corrected chi connectivity index (χ1v) is 8.31. The molecule has 3 amide bonds. The number of aliphatic hydroxyl groups excluding tert-OH is 1. The van der Waals surface area contributed by atoms with Crippen molar-refractivity contribution in [3.63, 3.8) is 0 Å². The number of β-amino-alcohol motifs (C(OH)–C–C–N with tert-alkyl or cyclic N) is 1. The molecule has 26 heavy (non-hydrogen) atoms. The van der Waals surface area contributed by atoms with E-state index in [0.717, 1.165) is 10.5 Å². The first-order valence-electron chi connectivity index (χ1n) is 8.31. The van der Waals surface area contributed by atoms with Crippen molar-refractivity contribution in [1.82, 2.24) is 14.7 Å². The molecule has 1 aromatic rings. The normalized spacial score (nSPS) is 23.8. The summed E-state index contributed by atoms with van der Waals surface area (Å²) in [6.45, 7) is 2.07. The van der Waals surface area contributed by atoms with Gasteiger partial charge in [0.05, 0.1) is 6.54 Å². The molecule has 2 heterocycles. The van der Waals surface area contributed by atoms with Crippen LogP contribution in [0, 0.1) is 6.92 Å². The molecule has 0 bridgehead atoms. The van der Waals surface area contributed by atoms with Gasteiger partial charge in [-0.25, -0.2) is 9.79 Å². The fourth-order valence-electron chi connectivity index (χ4n) is 3.17. The van der Waals surface area contributed by atoms with Crippen molar-refractivity contribution in [2.24, 2.45) is 10.7 Å². The number of imide groups is 1. The van der Waals surface area contributed by atoms with Gasteiger partial charge in [-0.3, -0.25) is 9.69 Å². The lowest BCUT2D eigenvalue weighted by Crippen LogP contribution is -2.65. The minimum atomic E-state index is -0.885. The molecule has 0 unspecified atom stereocenters. The van der Waals surface area contributed by atoms with Crippen molar-refractivity contribution >= 4 is 17.9 Å². The van der Waals surface area contributed by atoms with Crippen LogP contribution in [0.25, 0.3) is 0 Å². The molecule has 9 nitrogen and oxygen atoms in total. The van der Waals surface area contributed by atoms with Gasteiger partial charge in [0.1, 0.15) is 18.5 Å². The summed E-state index contributed by atoms with van der Waals surface area (Å²) >= 11 is 0. The van der Waals surface area contributed by atoms with Gasteiger partial charge in [-0.2, -0.15) is 0 Å². The Morgan fingerprint density at radius 1 is 1.35 bits per heavy atom. The molecule has 1 aromatic carbocycles. The van der Waals surface area contributed by atoms with Crippen LogP contribution in [-0.4, -0.2) is 83.3 Å². The van der Waals surface area contributed by atoms with Crippen molar-refractivity contribution in [1.29, 1.82) is 0 Å². The maximum Gasteiger partial charge on any atom is 0.328 e. The van der Waals surface area contributed by atoms with Gasteiger partial charge in [-0.15, -0.1) is 0 Å². The van der Waals surface area contributed by atoms with Crippen LogP contribution in [0.1, 0.15) is 5.56 Å². The van der Waals surface area contributed by atoms with Crippen molar-refractivity contribution < 1.29 is 19.4 Å². The number of nitrogens with two attached hydrogens (primary N) is 1. The quantitative estimate of drug-likeness (QED) is 0.737. The molecule has 1 fully saturated rings. The Bertz CT molecular complexity index is 752. The van der Waals surface area contributed by atoms with E-state index in [4.69, 9.17) is 10.5 Å². The Morgan fingerprint density at radius 2 is 2.08 bits per heavy atom. The number of aryl methyl sites for hydroxylation is 1. The Labute approximate surface area is 151 Å². The Hall–Kier alpha value is -2.81. The number of hydrogen-bond acceptors (Lipinski definition) is 7. The molecule has 0 saturated carbocycles. The summed E-state index contributed by atoms with van der Waals surface area (Å²) in [5.74, 6) is 0.385. The third-order valence-corrected chi connectivity index (χ3v) is 4.59. The van der Waals surface area contributed by atoms with Crippen molar-refractivity contribution in [2.75, 3.05) is 27.2 Å². The molecule has 0 aromatic heterocycles. The minimum absolute atomic E-state index is 0.0451. The predicted molar refractivity (Wildman–Crippen MR) is 94.5 cm³/mol. The number of carbonyl (C=O) groups excluding carboxylic acids is 2. The van der Waals surface area contributed by atoms with E-state index in [0.29, 0.717) is 5.75 Å². The second-order valence-electron chi connectivity index (χ2n) is 6.57. The largest absolute Gasteiger partial charge is 0.491 e. The lowest BCUT2D eigenvalue weighted by molar-refractivity contribution is -0.136. The van der Waals surface area contributed by atoms with Gasteiger partial charge in [0, 0.05) is 14.1 Å². The maximum absolute atomic E-state index is 12.5. The number of rotatable bonds is 5. The first kappa shape index (κ1) is 18.0. The van der Waals surface area contributed by atoms with Crippen LogP contribution in [0.2, 0.25) is 0 Å². The number of nitrogens with zero attached hydrogens (tertiary/aromatic N) is 4. The standard InChI is InChI=1S/C17H23N5O4/c1-10-5-4-6-12(7-10)26-9-11(23)8-22-13-14(19-16(22)18)20(2)17(25)21(3)15(13)24/h4-7,11,13-14,23H,8-9H2,1-3H3,(H2,18,19)/t11-,13+,14-/m0/s1. The number of carbonyl (C=O) groups is 2. The number of hydrogen-bond donors (Lipinski definition) is 2. The van der Waals surface area contributed by atoms with E-state index in [1.165, 1.54) is 16.8 Å². The molecule has 3 rings (SSSR count). The van der Waals surface area contributed by atoms with E-state index in [1.807, 2.05) is 31.2 Å². The average molecular weight is 361 g/mol. The summed E-state index contributed by atoms with van der Waals surface area (Å²) in [6, 6.07) is 6.33. The molecule has 0 aliphatic carbocycles. The van der Waals surface area contributed by atoms with E-state index < -0.39 is 30.2 Å². The summed E-state index contributed by atoms with van der Waals surface area (Å²) in [5.41, 5.74) is 7.00. The van der Waals surface area contributed by atoms with Crippen LogP contribution in [0.3, 0.4) is 0 Å². The number of amides is 3. The molecule has 0 radical (unpaired) electrons. The van der Waals surface area contributed by atoms with E-state index >= 15 is 0 Å². The third kappa shape index (κ3) is 3.17. The second-order valence-corrected chi connectivity index (χ2v) is 6.57. The van der Waals surface area contributed by atoms with E-state index in [1.54, 1.807) is 7.05 Å². The van der Waals surface area contributed by atoms with Crippen LogP contribution in [0.5, 0.6) is 5.75 Å². The van der Waals surface area contributed by atoms with Gasteiger partial charge in [-0.1, -0.05) is 12.1 Å². The summed E-state index contributed by atoms with van der Waals surface area (Å²) in [7, 11) is 2.99. The number of guanidine groups is 1. The molecule has 1 saturated heterocycles. The van der Waals surface area contributed by atoms with Gasteiger partial charge in [0.25, 0.3) is 5.91 Å². The topological polar surface area (TPSA) is 112 Å². The van der Waals surface area contributed by atoms with E-state index in [-0.39, 0.29) is 19.1 Å². The summed E-state index contributed by atoms with van der Waals surface area (Å²) < 4.78 is 5.60. The summed E-state index contributed by atoms with van der Waals surface area (Å²) in [4.78, 5) is 32.7. The molecule has 9 heteroatoms. The number of aliphatic imine (C=N–C) groups is 1. The van der Waals surface area contributed by atoms with Gasteiger partial charge < -0.3 is 25.4 Å². The summed E-state index contributed by atoms with van der Waals surface area (Å²) in [5, 5.41) is 10.3. The first-order chi connectivity index (χ1) is 12.3. The zero-order valence-electron chi connectivity index (χ0n) is 15.0. The molecule has 2 aliphatic rings. The van der Waals surface area contributed by atoms with Crippen molar-refractivity contribution in [3.8, 4) is 5.75 Å². The highest BCUT2D eigenvalue weighted by molar-refractivity contribution is 6.03. The van der Waals surface area contributed by atoms with Crippen LogP contribution >= 0.6 is 0 Å². The fraction of sp³-hybridized carbons (Fsp3) is 0.471. The van der Waals surface area contributed by atoms with Crippen molar-refractivity contribution in [2.45, 2.75) is 25.2 Å². The van der Waals surface area contributed by atoms with Crippen LogP contribution in [0.4, 0.5) is 4.79 Å². The molecular weight excluding hydrogens is 338 g/mol. The number of likely N-dealkylation sites (N-methyl/N-ethyl adjacent to an activating group) is 2. The van der Waals surface area contributed by atoms with Crippen LogP contribution in [0.15, 0.2) is 29.3 Å². The highest BCUT2D eigenvalue weighted by Crippen LogP contribution is 2.26. The zero-order chi connectivity index (χ0) is 19.0. The average Bonchev–Trinajstić information content (AvgIpc) is 2.93. The smallest absolute Gasteiger partial charge is 0.328 e. The van der Waals surface area contributed by atoms with Crippen molar-refractivity contribution in [3.05, 3.63) is 29.8 Å². The molecular formula is C17H23N5O4. The van der Waals surface area contributed by atoms with E-state index in [9.17, 15) is 14.7 Å². The number of urea groups is 1. The zero-order valence-corrected chi connectivity index (χ0v) is 15.0. The Morgan fingerprint density at radius 3 is 2.77 bits per heavy atom. The third-order valence-electron chi connectivity index (χ3n) is 4.59. The van der Waals surface area contributed by atoms with Crippen LogP contribution < -0.4 is 10.5 Å².